The van der Waals surface area contributed by atoms with Gasteiger partial charge in [-0.1, -0.05) is 6.08 Å². The summed E-state index contributed by atoms with van der Waals surface area (Å²) in [6, 6.07) is 5.55. The Bertz CT molecular complexity index is 507. The normalized spacial score (nSPS) is 25.4. The van der Waals surface area contributed by atoms with Gasteiger partial charge in [-0.2, -0.15) is 0 Å². The Morgan fingerprint density at radius 3 is 3.18 bits per heavy atom. The molecule has 4 nitrogen and oxygen atoms in total. The molecular weight excluding hydrogens is 218 g/mol. The average molecular weight is 231 g/mol. The first-order valence-corrected chi connectivity index (χ1v) is 5.56. The highest BCUT2D eigenvalue weighted by atomic mass is 16.5. The zero-order valence-electron chi connectivity index (χ0n) is 9.46. The second kappa shape index (κ2) is 3.89. The Balaban J connectivity index is 2.01. The van der Waals surface area contributed by atoms with Gasteiger partial charge >= 0.3 is 0 Å². The second-order valence-electron chi connectivity index (χ2n) is 4.14. The van der Waals surface area contributed by atoms with E-state index in [0.29, 0.717) is 12.2 Å². The zero-order chi connectivity index (χ0) is 11.8. The van der Waals surface area contributed by atoms with Gasteiger partial charge in [-0.25, -0.2) is 4.99 Å². The number of aliphatic hydroxyl groups is 1. The van der Waals surface area contributed by atoms with E-state index in [1.165, 1.54) is 0 Å². The van der Waals surface area contributed by atoms with Crippen LogP contribution in [-0.4, -0.2) is 30.1 Å². The third-order valence-electron chi connectivity index (χ3n) is 2.96. The smallest absolute Gasteiger partial charge is 0.149 e. The van der Waals surface area contributed by atoms with Crippen LogP contribution in [0.3, 0.4) is 0 Å². The third-order valence-corrected chi connectivity index (χ3v) is 2.96. The summed E-state index contributed by atoms with van der Waals surface area (Å²) in [7, 11) is 1.62. The lowest BCUT2D eigenvalue weighted by molar-refractivity contribution is 0.150. The van der Waals surface area contributed by atoms with Gasteiger partial charge in [0.25, 0.3) is 0 Å². The third kappa shape index (κ3) is 1.80. The Kier molecular flexibility index (Phi) is 2.37. The molecule has 88 valence electrons. The van der Waals surface area contributed by atoms with Gasteiger partial charge in [0, 0.05) is 12.5 Å². The first-order valence-electron chi connectivity index (χ1n) is 5.56. The largest absolute Gasteiger partial charge is 0.497 e. The summed E-state index contributed by atoms with van der Waals surface area (Å²) in [6.07, 6.45) is 3.51. The van der Waals surface area contributed by atoms with E-state index in [-0.39, 0.29) is 6.10 Å². The van der Waals surface area contributed by atoms with Crippen molar-refractivity contribution >= 4 is 11.4 Å². The van der Waals surface area contributed by atoms with Gasteiger partial charge in [0.05, 0.1) is 18.9 Å². The van der Waals surface area contributed by atoms with Crippen molar-refractivity contribution in [3.8, 4) is 11.5 Å². The summed E-state index contributed by atoms with van der Waals surface area (Å²) in [5.41, 5.74) is 1.67. The highest BCUT2D eigenvalue weighted by Gasteiger charge is 2.28. The van der Waals surface area contributed by atoms with Gasteiger partial charge in [0.15, 0.2) is 0 Å². The van der Waals surface area contributed by atoms with Crippen LogP contribution in [0.4, 0.5) is 5.69 Å². The summed E-state index contributed by atoms with van der Waals surface area (Å²) in [5, 5.41) is 9.55. The molecular formula is C13H13NO3. The number of hydrogen-bond acceptors (Lipinski definition) is 4. The molecule has 0 aromatic heterocycles. The monoisotopic (exact) mass is 231 g/mol. The fourth-order valence-electron chi connectivity index (χ4n) is 2.05. The summed E-state index contributed by atoms with van der Waals surface area (Å²) in [6.45, 7) is 0. The maximum atomic E-state index is 9.55. The maximum absolute atomic E-state index is 9.55. The SMILES string of the molecule is COc1ccc2c(c1)OC1CC(O)C=CC1=N2. The quantitative estimate of drug-likeness (QED) is 0.802. The molecule has 2 atom stereocenters. The van der Waals surface area contributed by atoms with Crippen molar-refractivity contribution in [3.63, 3.8) is 0 Å². The van der Waals surface area contributed by atoms with Crippen LogP contribution in [0.1, 0.15) is 6.42 Å². The fraction of sp³-hybridized carbons (Fsp3) is 0.308. The van der Waals surface area contributed by atoms with Gasteiger partial charge in [0.2, 0.25) is 0 Å². The molecule has 1 aromatic rings. The molecule has 1 aliphatic carbocycles. The van der Waals surface area contributed by atoms with E-state index in [0.717, 1.165) is 17.1 Å². The van der Waals surface area contributed by atoms with Gasteiger partial charge in [-0.3, -0.25) is 0 Å². The number of aliphatic hydroxyl groups excluding tert-OH is 1. The van der Waals surface area contributed by atoms with E-state index in [4.69, 9.17) is 9.47 Å². The van der Waals surface area contributed by atoms with E-state index in [1.54, 1.807) is 13.2 Å². The second-order valence-corrected chi connectivity index (χ2v) is 4.14. The van der Waals surface area contributed by atoms with Crippen LogP contribution in [0.5, 0.6) is 11.5 Å². The van der Waals surface area contributed by atoms with Crippen molar-refractivity contribution in [2.24, 2.45) is 4.99 Å². The first-order chi connectivity index (χ1) is 8.26. The van der Waals surface area contributed by atoms with Crippen LogP contribution in [0.15, 0.2) is 35.3 Å². The molecule has 0 fully saturated rings. The molecule has 0 amide bonds. The van der Waals surface area contributed by atoms with Gasteiger partial charge < -0.3 is 14.6 Å². The number of fused-ring (bicyclic) bond motifs is 2. The predicted octanol–water partition coefficient (Wildman–Crippen LogP) is 1.85. The van der Waals surface area contributed by atoms with Crippen LogP contribution in [0.25, 0.3) is 0 Å². The molecule has 0 saturated heterocycles. The molecule has 0 spiro atoms. The van der Waals surface area contributed by atoms with Crippen LogP contribution in [0.2, 0.25) is 0 Å². The Morgan fingerprint density at radius 1 is 1.47 bits per heavy atom. The summed E-state index contributed by atoms with van der Waals surface area (Å²) < 4.78 is 11.0. The van der Waals surface area contributed by atoms with Crippen molar-refractivity contribution < 1.29 is 14.6 Å². The van der Waals surface area contributed by atoms with E-state index >= 15 is 0 Å². The molecule has 1 heterocycles. The van der Waals surface area contributed by atoms with Crippen molar-refractivity contribution in [2.75, 3.05) is 7.11 Å². The summed E-state index contributed by atoms with van der Waals surface area (Å²) >= 11 is 0. The molecule has 0 bridgehead atoms. The van der Waals surface area contributed by atoms with Crippen molar-refractivity contribution in [3.05, 3.63) is 30.4 Å². The van der Waals surface area contributed by atoms with Crippen LogP contribution < -0.4 is 9.47 Å². The van der Waals surface area contributed by atoms with E-state index in [9.17, 15) is 5.11 Å². The number of rotatable bonds is 1. The molecule has 3 rings (SSSR count). The molecule has 0 saturated carbocycles. The highest BCUT2D eigenvalue weighted by molar-refractivity contribution is 6.02. The average Bonchev–Trinajstić information content (AvgIpc) is 2.35. The Labute approximate surface area is 99.2 Å². The first kappa shape index (κ1) is 10.4. The zero-order valence-corrected chi connectivity index (χ0v) is 9.46. The number of benzene rings is 1. The molecule has 2 aliphatic rings. The van der Waals surface area contributed by atoms with E-state index in [2.05, 4.69) is 4.99 Å². The minimum Gasteiger partial charge on any atom is -0.497 e. The summed E-state index contributed by atoms with van der Waals surface area (Å²) in [5.74, 6) is 1.45. The minimum atomic E-state index is -0.453. The topological polar surface area (TPSA) is 51.0 Å². The molecule has 4 heteroatoms. The standard InChI is InChI=1S/C13H13NO3/c1-16-9-3-5-11-13(7-9)17-12-6-8(15)2-4-10(12)14-11/h2-5,7-8,12,15H,6H2,1H3. The van der Waals surface area contributed by atoms with Gasteiger partial charge in [-0.05, 0) is 18.2 Å². The summed E-state index contributed by atoms with van der Waals surface area (Å²) in [4.78, 5) is 4.52. The number of hydrogen-bond donors (Lipinski definition) is 1. The van der Waals surface area contributed by atoms with Gasteiger partial charge in [0.1, 0.15) is 23.3 Å². The molecule has 2 unspecified atom stereocenters. The fourth-order valence-corrected chi connectivity index (χ4v) is 2.05. The predicted molar refractivity (Wildman–Crippen MR) is 64.3 cm³/mol. The minimum absolute atomic E-state index is 0.158. The molecule has 1 N–H and O–H groups in total. The number of nitrogens with zero attached hydrogens (tertiary/aromatic N) is 1. The lowest BCUT2D eigenvalue weighted by Gasteiger charge is -2.28. The number of aliphatic imine (C=N–C) groups is 1. The van der Waals surface area contributed by atoms with E-state index in [1.807, 2.05) is 24.3 Å². The van der Waals surface area contributed by atoms with Crippen LogP contribution in [-0.2, 0) is 0 Å². The number of ether oxygens (including phenoxy) is 2. The van der Waals surface area contributed by atoms with Crippen molar-refractivity contribution in [2.45, 2.75) is 18.6 Å². The number of methoxy groups -OCH3 is 1. The van der Waals surface area contributed by atoms with Gasteiger partial charge in [-0.15, -0.1) is 0 Å². The van der Waals surface area contributed by atoms with Crippen molar-refractivity contribution in [1.82, 2.24) is 0 Å². The molecule has 17 heavy (non-hydrogen) atoms. The maximum Gasteiger partial charge on any atom is 0.149 e. The molecule has 0 radical (unpaired) electrons. The molecule has 1 aromatic carbocycles. The van der Waals surface area contributed by atoms with E-state index < -0.39 is 6.10 Å². The molecule has 1 aliphatic heterocycles. The van der Waals surface area contributed by atoms with Crippen LogP contribution in [0, 0.1) is 0 Å². The lowest BCUT2D eigenvalue weighted by atomic mass is 9.98. The Morgan fingerprint density at radius 2 is 2.35 bits per heavy atom. The van der Waals surface area contributed by atoms with Crippen LogP contribution >= 0.6 is 0 Å². The lowest BCUT2D eigenvalue weighted by Crippen LogP contribution is -2.35. The van der Waals surface area contributed by atoms with Crippen molar-refractivity contribution in [1.29, 1.82) is 0 Å². The highest BCUT2D eigenvalue weighted by Crippen LogP contribution is 2.37. The Hall–Kier alpha value is -1.81.